The Kier molecular flexibility index (Phi) is 4.03. The average molecular weight is 222 g/mol. The number of aromatic nitrogens is 3. The second-order valence-corrected chi connectivity index (χ2v) is 2.90. The zero-order valence-corrected chi connectivity index (χ0v) is 8.38. The van der Waals surface area contributed by atoms with Gasteiger partial charge in [-0.05, 0) is 0 Å². The smallest absolute Gasteiger partial charge is 0.358 e. The molecule has 1 aromatic rings. The Morgan fingerprint density at radius 3 is 2.94 bits per heavy atom. The number of aromatic carboxylic acids is 1. The zero-order chi connectivity index (χ0) is 12.0. The predicted octanol–water partition coefficient (Wildman–Crippen LogP) is -0.884. The van der Waals surface area contributed by atoms with Gasteiger partial charge in [-0.15, -0.1) is 11.5 Å². The van der Waals surface area contributed by atoms with Crippen LogP contribution in [-0.2, 0) is 11.3 Å². The molecule has 1 rings (SSSR count). The number of rotatable bonds is 5. The molecule has 7 nitrogen and oxygen atoms in total. The van der Waals surface area contributed by atoms with E-state index in [2.05, 4.69) is 21.5 Å². The van der Waals surface area contributed by atoms with Gasteiger partial charge in [-0.3, -0.25) is 4.79 Å². The Morgan fingerprint density at radius 1 is 1.62 bits per heavy atom. The molecule has 0 aromatic carbocycles. The van der Waals surface area contributed by atoms with Gasteiger partial charge >= 0.3 is 5.97 Å². The molecule has 84 valence electrons. The molecule has 0 aliphatic heterocycles. The van der Waals surface area contributed by atoms with Crippen LogP contribution >= 0.6 is 0 Å². The normalized spacial score (nSPS) is 9.44. The number of hydrogen-bond donors (Lipinski definition) is 2. The fourth-order valence-electron chi connectivity index (χ4n) is 0.971. The Morgan fingerprint density at radius 2 is 2.38 bits per heavy atom. The van der Waals surface area contributed by atoms with Gasteiger partial charge in [0.15, 0.2) is 5.69 Å². The number of amides is 1. The summed E-state index contributed by atoms with van der Waals surface area (Å²) >= 11 is 0. The van der Waals surface area contributed by atoms with Gasteiger partial charge in [-0.25, -0.2) is 9.48 Å². The minimum Gasteiger partial charge on any atom is -0.476 e. The molecular formula is C9H10N4O3. The molecule has 0 atom stereocenters. The van der Waals surface area contributed by atoms with Crippen molar-refractivity contribution in [3.8, 4) is 12.3 Å². The molecule has 0 bridgehead atoms. The lowest BCUT2D eigenvalue weighted by Crippen LogP contribution is -2.26. The highest BCUT2D eigenvalue weighted by atomic mass is 16.4. The highest BCUT2D eigenvalue weighted by Gasteiger charge is 2.07. The van der Waals surface area contributed by atoms with Crippen LogP contribution in [0.4, 0.5) is 0 Å². The summed E-state index contributed by atoms with van der Waals surface area (Å²) in [5.41, 5.74) is -0.130. The SMILES string of the molecule is C#CCC(=O)NCCn1cc(C(=O)O)nn1. The first-order chi connectivity index (χ1) is 7.63. The number of nitrogens with zero attached hydrogens (tertiary/aromatic N) is 3. The third-order valence-corrected chi connectivity index (χ3v) is 1.68. The Labute approximate surface area is 91.4 Å². The molecule has 0 unspecified atom stereocenters. The first-order valence-corrected chi connectivity index (χ1v) is 4.47. The van der Waals surface area contributed by atoms with Crippen LogP contribution in [0.25, 0.3) is 0 Å². The number of carboxylic acid groups (broad SMARTS) is 1. The van der Waals surface area contributed by atoms with Crippen molar-refractivity contribution < 1.29 is 14.7 Å². The molecule has 7 heteroatoms. The summed E-state index contributed by atoms with van der Waals surface area (Å²) in [6, 6.07) is 0. The number of terminal acetylenes is 1. The van der Waals surface area contributed by atoms with E-state index in [0.29, 0.717) is 13.1 Å². The topological polar surface area (TPSA) is 97.1 Å². The van der Waals surface area contributed by atoms with E-state index in [1.807, 2.05) is 0 Å². The fraction of sp³-hybridized carbons (Fsp3) is 0.333. The van der Waals surface area contributed by atoms with Crippen LogP contribution in [0.3, 0.4) is 0 Å². The second kappa shape index (κ2) is 5.50. The number of carboxylic acids is 1. The largest absolute Gasteiger partial charge is 0.476 e. The maximum atomic E-state index is 11.0. The lowest BCUT2D eigenvalue weighted by Gasteiger charge is -2.01. The molecule has 2 N–H and O–H groups in total. The summed E-state index contributed by atoms with van der Waals surface area (Å²) in [5.74, 6) is 0.825. The second-order valence-electron chi connectivity index (χ2n) is 2.90. The molecule has 16 heavy (non-hydrogen) atoms. The van der Waals surface area contributed by atoms with Gasteiger partial charge in [0, 0.05) is 6.54 Å². The first kappa shape index (κ1) is 11.7. The summed E-state index contributed by atoms with van der Waals surface area (Å²) in [4.78, 5) is 21.4. The number of hydrogen-bond acceptors (Lipinski definition) is 4. The van der Waals surface area contributed by atoms with E-state index < -0.39 is 5.97 Å². The van der Waals surface area contributed by atoms with Crippen LogP contribution in [0.2, 0.25) is 0 Å². The van der Waals surface area contributed by atoms with Crippen LogP contribution < -0.4 is 5.32 Å². The fourth-order valence-corrected chi connectivity index (χ4v) is 0.971. The molecule has 1 heterocycles. The van der Waals surface area contributed by atoms with Crippen molar-refractivity contribution in [1.29, 1.82) is 0 Å². The molecule has 0 aliphatic carbocycles. The molecule has 0 saturated carbocycles. The molecule has 0 radical (unpaired) electrons. The first-order valence-electron chi connectivity index (χ1n) is 4.47. The molecule has 0 aliphatic rings. The molecule has 0 fully saturated rings. The molecular weight excluding hydrogens is 212 g/mol. The predicted molar refractivity (Wildman–Crippen MR) is 53.4 cm³/mol. The van der Waals surface area contributed by atoms with Gasteiger partial charge in [-0.1, -0.05) is 11.1 Å². The Balaban J connectivity index is 2.35. The van der Waals surface area contributed by atoms with Crippen molar-refractivity contribution in [2.45, 2.75) is 13.0 Å². The van der Waals surface area contributed by atoms with Crippen LogP contribution in [0.15, 0.2) is 6.20 Å². The molecule has 0 saturated heterocycles. The minimum absolute atomic E-state index is 0.0255. The minimum atomic E-state index is -1.14. The Bertz CT molecular complexity index is 432. The maximum absolute atomic E-state index is 11.0. The Hall–Kier alpha value is -2.36. The van der Waals surface area contributed by atoms with Gasteiger partial charge in [0.1, 0.15) is 0 Å². The lowest BCUT2D eigenvalue weighted by molar-refractivity contribution is -0.120. The summed E-state index contributed by atoms with van der Waals surface area (Å²) in [7, 11) is 0. The number of carbonyl (C=O) groups is 2. The van der Waals surface area contributed by atoms with Crippen molar-refractivity contribution >= 4 is 11.9 Å². The summed E-state index contributed by atoms with van der Waals surface area (Å²) in [5, 5.41) is 18.1. The third kappa shape index (κ3) is 3.42. The van der Waals surface area contributed by atoms with Crippen molar-refractivity contribution in [2.24, 2.45) is 0 Å². The van der Waals surface area contributed by atoms with Gasteiger partial charge in [0.2, 0.25) is 5.91 Å². The summed E-state index contributed by atoms with van der Waals surface area (Å²) in [6.45, 7) is 0.666. The van der Waals surface area contributed by atoms with Gasteiger partial charge < -0.3 is 10.4 Å². The van der Waals surface area contributed by atoms with Crippen LogP contribution in [-0.4, -0.2) is 38.5 Å². The highest BCUT2D eigenvalue weighted by molar-refractivity contribution is 5.84. The maximum Gasteiger partial charge on any atom is 0.358 e. The standard InChI is InChI=1S/C9H10N4O3/c1-2-3-8(14)10-4-5-13-6-7(9(15)16)11-12-13/h1,6H,3-5H2,(H,10,14)(H,15,16). The van der Waals surface area contributed by atoms with Gasteiger partial charge in [0.25, 0.3) is 0 Å². The van der Waals surface area contributed by atoms with E-state index in [9.17, 15) is 9.59 Å². The van der Waals surface area contributed by atoms with E-state index in [4.69, 9.17) is 11.5 Å². The van der Waals surface area contributed by atoms with Crippen molar-refractivity contribution in [3.05, 3.63) is 11.9 Å². The molecule has 1 aromatic heterocycles. The summed E-state index contributed by atoms with van der Waals surface area (Å²) in [6.07, 6.45) is 6.26. The quantitative estimate of drug-likeness (QED) is 0.630. The van der Waals surface area contributed by atoms with E-state index >= 15 is 0 Å². The van der Waals surface area contributed by atoms with Gasteiger partial charge in [0.05, 0.1) is 19.2 Å². The van der Waals surface area contributed by atoms with E-state index in [0.717, 1.165) is 0 Å². The molecule has 1 amide bonds. The zero-order valence-electron chi connectivity index (χ0n) is 8.38. The van der Waals surface area contributed by atoms with E-state index in [1.165, 1.54) is 10.9 Å². The number of nitrogens with one attached hydrogen (secondary N) is 1. The van der Waals surface area contributed by atoms with E-state index in [-0.39, 0.29) is 18.0 Å². The van der Waals surface area contributed by atoms with E-state index in [1.54, 1.807) is 0 Å². The summed E-state index contributed by atoms with van der Waals surface area (Å²) < 4.78 is 1.33. The van der Waals surface area contributed by atoms with Crippen molar-refractivity contribution in [2.75, 3.05) is 6.54 Å². The van der Waals surface area contributed by atoms with Gasteiger partial charge in [-0.2, -0.15) is 0 Å². The average Bonchev–Trinajstić information content (AvgIpc) is 2.67. The van der Waals surface area contributed by atoms with Crippen LogP contribution in [0, 0.1) is 12.3 Å². The number of carbonyl (C=O) groups excluding carboxylic acids is 1. The molecule has 0 spiro atoms. The monoisotopic (exact) mass is 222 g/mol. The van der Waals surface area contributed by atoms with Crippen molar-refractivity contribution in [3.63, 3.8) is 0 Å². The lowest BCUT2D eigenvalue weighted by atomic mass is 10.4. The highest BCUT2D eigenvalue weighted by Crippen LogP contribution is 1.91. The van der Waals surface area contributed by atoms with Crippen LogP contribution in [0.1, 0.15) is 16.9 Å². The van der Waals surface area contributed by atoms with Crippen molar-refractivity contribution in [1.82, 2.24) is 20.3 Å². The third-order valence-electron chi connectivity index (χ3n) is 1.68. The van der Waals surface area contributed by atoms with Crippen LogP contribution in [0.5, 0.6) is 0 Å².